The molecule has 4 unspecified atom stereocenters. The Kier molecular flexibility index (Phi) is 7.06. The third-order valence-electron chi connectivity index (χ3n) is 7.46. The molecule has 0 bridgehead atoms. The fourth-order valence-electron chi connectivity index (χ4n) is 5.44. The molecule has 1 aromatic rings. The zero-order valence-electron chi connectivity index (χ0n) is 20.1. The molecule has 37 heavy (non-hydrogen) atoms. The van der Waals surface area contributed by atoms with Crippen LogP contribution in [-0.4, -0.2) is 114 Å². The number of carbonyl (C=O) groups excluding carboxylic acids is 1. The molecule has 5 N–H and O–H groups in total. The zero-order chi connectivity index (χ0) is 26.5. The van der Waals surface area contributed by atoms with Crippen LogP contribution < -0.4 is 9.47 Å². The van der Waals surface area contributed by atoms with Crippen LogP contribution in [0.25, 0.3) is 0 Å². The number of esters is 1. The Labute approximate surface area is 211 Å². The molecule has 4 aliphatic rings. The number of hydrogen-bond donors (Lipinski definition) is 5. The molecule has 11 atom stereocenters. The molecule has 2 saturated heterocycles. The van der Waals surface area contributed by atoms with Crippen LogP contribution in [0.2, 0.25) is 0 Å². The highest BCUT2D eigenvalue weighted by atomic mass is 16.8. The summed E-state index contributed by atoms with van der Waals surface area (Å²) < 4.78 is 39.0. The highest BCUT2D eigenvalue weighted by Gasteiger charge is 2.77. The smallest absolute Gasteiger partial charge is 0.338 e. The van der Waals surface area contributed by atoms with Gasteiger partial charge >= 0.3 is 5.97 Å². The van der Waals surface area contributed by atoms with Crippen molar-refractivity contribution < 1.29 is 63.5 Å². The lowest BCUT2D eigenvalue weighted by Crippen LogP contribution is -2.60. The van der Waals surface area contributed by atoms with Crippen LogP contribution in [0, 0.1) is 11.8 Å². The lowest BCUT2D eigenvalue weighted by molar-refractivity contribution is -0.344. The molecule has 204 valence electrons. The Morgan fingerprint density at radius 3 is 2.46 bits per heavy atom. The molecular formula is C24H30O13. The molecule has 0 amide bonds. The molecule has 0 radical (unpaired) electrons. The van der Waals surface area contributed by atoms with Crippen molar-refractivity contribution in [1.29, 1.82) is 0 Å². The van der Waals surface area contributed by atoms with Gasteiger partial charge in [0, 0.05) is 5.92 Å². The third kappa shape index (κ3) is 4.25. The fraction of sp³-hybridized carbons (Fsp3) is 0.625. The van der Waals surface area contributed by atoms with Gasteiger partial charge in [-0.1, -0.05) is 0 Å². The number of epoxide rings is 1. The zero-order valence-corrected chi connectivity index (χ0v) is 20.1. The highest BCUT2D eigenvalue weighted by Crippen LogP contribution is 2.60. The fourth-order valence-corrected chi connectivity index (χ4v) is 5.44. The number of methoxy groups -OCH3 is 2. The van der Waals surface area contributed by atoms with Gasteiger partial charge in [-0.2, -0.15) is 0 Å². The van der Waals surface area contributed by atoms with Gasteiger partial charge in [-0.15, -0.1) is 0 Å². The second kappa shape index (κ2) is 10.0. The molecule has 5 rings (SSSR count). The summed E-state index contributed by atoms with van der Waals surface area (Å²) >= 11 is 0. The van der Waals surface area contributed by atoms with E-state index in [1.165, 1.54) is 32.6 Å². The maximum absolute atomic E-state index is 13.0. The van der Waals surface area contributed by atoms with Crippen molar-refractivity contribution in [1.82, 2.24) is 0 Å². The average molecular weight is 526 g/mol. The second-order valence-electron chi connectivity index (χ2n) is 9.36. The summed E-state index contributed by atoms with van der Waals surface area (Å²) in [5, 5.41) is 50.2. The number of carbonyl (C=O) groups is 1. The Morgan fingerprint density at radius 1 is 1.03 bits per heavy atom. The summed E-state index contributed by atoms with van der Waals surface area (Å²) in [6, 6.07) is 4.61. The van der Waals surface area contributed by atoms with E-state index in [0.717, 1.165) is 0 Å². The first-order valence-corrected chi connectivity index (χ1v) is 11.8. The number of benzene rings is 1. The van der Waals surface area contributed by atoms with Gasteiger partial charge in [-0.25, -0.2) is 4.79 Å². The highest BCUT2D eigenvalue weighted by molar-refractivity contribution is 5.90. The van der Waals surface area contributed by atoms with E-state index in [9.17, 15) is 30.3 Å². The van der Waals surface area contributed by atoms with E-state index in [0.29, 0.717) is 11.5 Å². The molecule has 13 nitrogen and oxygen atoms in total. The number of ether oxygens (including phenoxy) is 7. The SMILES string of the molecule is COc1ccc(C(=O)OC2C3C=COC(O[C@@H]4O[C@H](CO)[C@@H](O)[C@H](O)[C@H]4O)C3[C@@]3(CO)O[C@@H]23)cc1OC. The topological polar surface area (TPSA) is 186 Å². The Bertz CT molecular complexity index is 1030. The van der Waals surface area contributed by atoms with Gasteiger partial charge in [0.05, 0.1) is 45.2 Å². The third-order valence-corrected chi connectivity index (χ3v) is 7.46. The Balaban J connectivity index is 1.34. The summed E-state index contributed by atoms with van der Waals surface area (Å²) in [5.74, 6) is -1.00. The van der Waals surface area contributed by atoms with Gasteiger partial charge in [-0.3, -0.25) is 0 Å². The minimum absolute atomic E-state index is 0.224. The molecule has 13 heteroatoms. The van der Waals surface area contributed by atoms with E-state index >= 15 is 0 Å². The van der Waals surface area contributed by atoms with E-state index < -0.39 is 85.8 Å². The molecular weight excluding hydrogens is 496 g/mol. The summed E-state index contributed by atoms with van der Waals surface area (Å²) in [7, 11) is 2.93. The first-order chi connectivity index (χ1) is 17.8. The van der Waals surface area contributed by atoms with Crippen LogP contribution in [0.3, 0.4) is 0 Å². The molecule has 0 spiro atoms. The number of aliphatic hydroxyl groups is 5. The molecule has 0 aromatic heterocycles. The quantitative estimate of drug-likeness (QED) is 0.191. The molecule has 3 heterocycles. The van der Waals surface area contributed by atoms with Crippen molar-refractivity contribution in [2.75, 3.05) is 27.4 Å². The standard InChI is InChI=1S/C24H30O13/c1-31-12-4-3-10(7-13(12)32-2)21(30)35-19-11-5-6-33-22(15(11)24(9-26)20(19)37-24)36-23-18(29)17(28)16(27)14(8-25)34-23/h3-7,11,14-20,22-23,25-29H,8-9H2,1-2H3/t11?,14-,15?,16-,17+,18-,19?,20+,22?,23+,24-/m1/s1. The Morgan fingerprint density at radius 2 is 1.78 bits per heavy atom. The van der Waals surface area contributed by atoms with E-state index in [1.54, 1.807) is 12.1 Å². The summed E-state index contributed by atoms with van der Waals surface area (Å²) in [5.41, 5.74) is -0.918. The van der Waals surface area contributed by atoms with Gasteiger partial charge in [0.2, 0.25) is 6.29 Å². The van der Waals surface area contributed by atoms with Crippen LogP contribution in [0.5, 0.6) is 11.5 Å². The number of rotatable bonds is 8. The number of aliphatic hydroxyl groups excluding tert-OH is 5. The van der Waals surface area contributed by atoms with Crippen LogP contribution in [0.1, 0.15) is 10.4 Å². The maximum Gasteiger partial charge on any atom is 0.338 e. The van der Waals surface area contributed by atoms with Crippen LogP contribution in [0.4, 0.5) is 0 Å². The number of fused-ring (bicyclic) bond motifs is 3. The van der Waals surface area contributed by atoms with E-state index in [1.807, 2.05) is 0 Å². The molecule has 3 aliphatic heterocycles. The van der Waals surface area contributed by atoms with E-state index in [2.05, 4.69) is 0 Å². The predicted octanol–water partition coefficient (Wildman–Crippen LogP) is -1.71. The molecule has 3 fully saturated rings. The van der Waals surface area contributed by atoms with Crippen molar-refractivity contribution in [2.45, 2.75) is 54.8 Å². The minimum atomic E-state index is -1.65. The van der Waals surface area contributed by atoms with Crippen molar-refractivity contribution in [3.63, 3.8) is 0 Å². The van der Waals surface area contributed by atoms with Crippen LogP contribution in [0.15, 0.2) is 30.5 Å². The van der Waals surface area contributed by atoms with Crippen molar-refractivity contribution in [3.05, 3.63) is 36.1 Å². The summed E-state index contributed by atoms with van der Waals surface area (Å²) in [4.78, 5) is 13.0. The minimum Gasteiger partial charge on any atom is -0.493 e. The molecule has 1 aromatic carbocycles. The normalized spacial score (nSPS) is 41.8. The first-order valence-electron chi connectivity index (χ1n) is 11.8. The maximum atomic E-state index is 13.0. The van der Waals surface area contributed by atoms with Crippen LogP contribution in [-0.2, 0) is 23.7 Å². The van der Waals surface area contributed by atoms with Crippen LogP contribution >= 0.6 is 0 Å². The molecule has 1 aliphatic carbocycles. The van der Waals surface area contributed by atoms with Crippen molar-refractivity contribution in [2.24, 2.45) is 11.8 Å². The van der Waals surface area contributed by atoms with Gasteiger partial charge in [-0.05, 0) is 24.3 Å². The summed E-state index contributed by atoms with van der Waals surface area (Å²) in [6.07, 6.45) is -7.02. The monoisotopic (exact) mass is 526 g/mol. The van der Waals surface area contributed by atoms with Gasteiger partial charge in [0.1, 0.15) is 42.2 Å². The van der Waals surface area contributed by atoms with Gasteiger partial charge < -0.3 is 58.7 Å². The number of hydrogen-bond acceptors (Lipinski definition) is 13. The lowest BCUT2D eigenvalue weighted by Gasteiger charge is -2.43. The molecule has 1 saturated carbocycles. The van der Waals surface area contributed by atoms with E-state index in [-0.39, 0.29) is 5.56 Å². The lowest BCUT2D eigenvalue weighted by atomic mass is 9.85. The van der Waals surface area contributed by atoms with Crippen molar-refractivity contribution in [3.8, 4) is 11.5 Å². The van der Waals surface area contributed by atoms with E-state index in [4.69, 9.17) is 33.2 Å². The van der Waals surface area contributed by atoms with Gasteiger partial charge in [0.25, 0.3) is 0 Å². The average Bonchev–Trinajstić information content (AvgIpc) is 3.60. The van der Waals surface area contributed by atoms with Crippen molar-refractivity contribution >= 4 is 5.97 Å². The predicted molar refractivity (Wildman–Crippen MR) is 119 cm³/mol. The second-order valence-corrected chi connectivity index (χ2v) is 9.36. The Hall–Kier alpha value is -2.49. The summed E-state index contributed by atoms with van der Waals surface area (Å²) in [6.45, 7) is -1.04. The largest absolute Gasteiger partial charge is 0.493 e. The first kappa shape index (κ1) is 26.1. The van der Waals surface area contributed by atoms with Gasteiger partial charge in [0.15, 0.2) is 17.8 Å².